The number of aryl methyl sites for hydroxylation is 1. The second-order valence-electron chi connectivity index (χ2n) is 3.60. The highest BCUT2D eigenvalue weighted by Gasteiger charge is 2.15. The highest BCUT2D eigenvalue weighted by atomic mass is 16.7. The van der Waals surface area contributed by atoms with Gasteiger partial charge in [-0.3, -0.25) is 4.79 Å². The number of amides is 1. The Morgan fingerprint density at radius 1 is 1.47 bits per heavy atom. The average Bonchev–Trinajstić information content (AvgIpc) is 2.72. The Hall–Kier alpha value is -2.48. The predicted molar refractivity (Wildman–Crippen MR) is 60.1 cm³/mol. The van der Waals surface area contributed by atoms with Crippen molar-refractivity contribution >= 4 is 12.0 Å². The lowest BCUT2D eigenvalue weighted by molar-refractivity contribution is -0.114. The molecule has 0 saturated heterocycles. The van der Waals surface area contributed by atoms with Crippen molar-refractivity contribution in [1.82, 2.24) is 0 Å². The molecule has 0 bridgehead atoms. The van der Waals surface area contributed by atoms with E-state index in [1.165, 1.54) is 6.08 Å². The van der Waals surface area contributed by atoms with Crippen LogP contribution in [0.3, 0.4) is 0 Å². The molecule has 1 heterocycles. The van der Waals surface area contributed by atoms with Crippen LogP contribution in [-0.4, -0.2) is 12.7 Å². The molecule has 0 saturated carbocycles. The first-order valence-corrected chi connectivity index (χ1v) is 4.93. The molecule has 0 atom stereocenters. The van der Waals surface area contributed by atoms with Gasteiger partial charge in [-0.05, 0) is 36.3 Å². The van der Waals surface area contributed by atoms with Gasteiger partial charge >= 0.3 is 0 Å². The van der Waals surface area contributed by atoms with Gasteiger partial charge in [0.05, 0.1) is 0 Å². The number of carbonyl (C=O) groups excluding carboxylic acids is 1. The summed E-state index contributed by atoms with van der Waals surface area (Å²) in [6.45, 7) is 2.03. The normalized spacial score (nSPS) is 13.3. The molecule has 86 valence electrons. The maximum absolute atomic E-state index is 11.0. The zero-order chi connectivity index (χ0) is 12.4. The van der Waals surface area contributed by atoms with Crippen LogP contribution in [0.5, 0.6) is 11.5 Å². The third-order valence-electron chi connectivity index (χ3n) is 2.45. The molecule has 2 rings (SSSR count). The molecule has 0 unspecified atom stereocenters. The molecule has 0 aromatic heterocycles. The molecule has 0 aliphatic carbocycles. The molecule has 1 amide bonds. The Morgan fingerprint density at radius 3 is 2.71 bits per heavy atom. The lowest BCUT2D eigenvalue weighted by atomic mass is 10.0. The highest BCUT2D eigenvalue weighted by Crippen LogP contribution is 2.35. The fourth-order valence-corrected chi connectivity index (χ4v) is 1.53. The molecule has 1 aliphatic rings. The molecule has 1 aromatic carbocycles. The van der Waals surface area contributed by atoms with Crippen molar-refractivity contribution in [2.45, 2.75) is 6.92 Å². The Balaban J connectivity index is 2.47. The maximum atomic E-state index is 11.0. The fraction of sp³-hybridized carbons (Fsp3) is 0.167. The van der Waals surface area contributed by atoms with Gasteiger partial charge < -0.3 is 15.2 Å². The number of carbonyl (C=O) groups is 1. The van der Waals surface area contributed by atoms with E-state index in [2.05, 4.69) is 0 Å². The molecule has 5 heteroatoms. The highest BCUT2D eigenvalue weighted by molar-refractivity contribution is 6.00. The zero-order valence-electron chi connectivity index (χ0n) is 9.19. The summed E-state index contributed by atoms with van der Waals surface area (Å²) in [7, 11) is 0. The Labute approximate surface area is 98.0 Å². The molecular formula is C12H10N2O3. The second-order valence-corrected chi connectivity index (χ2v) is 3.60. The number of fused-ring (bicyclic) bond motifs is 1. The van der Waals surface area contributed by atoms with E-state index in [9.17, 15) is 4.79 Å². The van der Waals surface area contributed by atoms with Crippen molar-refractivity contribution in [3.63, 3.8) is 0 Å². The van der Waals surface area contributed by atoms with E-state index in [0.29, 0.717) is 17.1 Å². The lowest BCUT2D eigenvalue weighted by Crippen LogP contribution is -2.12. The number of ether oxygens (including phenoxy) is 2. The number of rotatable bonds is 2. The third kappa shape index (κ3) is 2.06. The van der Waals surface area contributed by atoms with Crippen LogP contribution in [-0.2, 0) is 4.79 Å². The van der Waals surface area contributed by atoms with E-state index in [4.69, 9.17) is 20.5 Å². The summed E-state index contributed by atoms with van der Waals surface area (Å²) in [5.41, 5.74) is 6.57. The monoisotopic (exact) mass is 230 g/mol. The largest absolute Gasteiger partial charge is 0.454 e. The zero-order valence-corrected chi connectivity index (χ0v) is 9.19. The van der Waals surface area contributed by atoms with Crippen molar-refractivity contribution in [2.24, 2.45) is 5.73 Å². The SMILES string of the molecule is Cc1cc2c(cc1/C=C(\C#N)C(N)=O)OCO2. The molecule has 2 N–H and O–H groups in total. The number of nitrogens with two attached hydrogens (primary N) is 1. The summed E-state index contributed by atoms with van der Waals surface area (Å²) in [6.07, 6.45) is 1.44. The predicted octanol–water partition coefficient (Wildman–Crippen LogP) is 1.12. The van der Waals surface area contributed by atoms with Gasteiger partial charge in [-0.1, -0.05) is 0 Å². The number of nitriles is 1. The van der Waals surface area contributed by atoms with Gasteiger partial charge in [0.25, 0.3) is 5.91 Å². The maximum Gasteiger partial charge on any atom is 0.259 e. The van der Waals surface area contributed by atoms with Crippen LogP contribution in [0.15, 0.2) is 17.7 Å². The first kappa shape index (κ1) is 11.0. The molecule has 0 radical (unpaired) electrons. The van der Waals surface area contributed by atoms with E-state index in [0.717, 1.165) is 5.56 Å². The van der Waals surface area contributed by atoms with Crippen molar-refractivity contribution in [1.29, 1.82) is 5.26 Å². The van der Waals surface area contributed by atoms with Crippen LogP contribution in [0, 0.1) is 18.3 Å². The van der Waals surface area contributed by atoms with Gasteiger partial charge in [0, 0.05) is 0 Å². The molecule has 0 spiro atoms. The Bertz CT molecular complexity index is 556. The minimum atomic E-state index is -0.746. The molecule has 17 heavy (non-hydrogen) atoms. The van der Waals surface area contributed by atoms with Gasteiger partial charge in [0.1, 0.15) is 11.6 Å². The van der Waals surface area contributed by atoms with Crippen LogP contribution in [0.1, 0.15) is 11.1 Å². The standard InChI is InChI=1S/C12H10N2O3/c1-7-2-10-11(17-6-16-10)4-8(7)3-9(5-13)12(14)15/h2-4H,6H2,1H3,(H2,14,15)/b9-3+. The summed E-state index contributed by atoms with van der Waals surface area (Å²) in [6, 6.07) is 5.28. The van der Waals surface area contributed by atoms with Crippen LogP contribution < -0.4 is 15.2 Å². The molecule has 0 fully saturated rings. The molecule has 1 aromatic rings. The first-order chi connectivity index (χ1) is 8.11. The minimum Gasteiger partial charge on any atom is -0.454 e. The Kier molecular flexibility index (Phi) is 2.71. The van der Waals surface area contributed by atoms with Gasteiger partial charge in [-0.25, -0.2) is 0 Å². The van der Waals surface area contributed by atoms with Crippen LogP contribution in [0.25, 0.3) is 6.08 Å². The van der Waals surface area contributed by atoms with E-state index in [-0.39, 0.29) is 12.4 Å². The van der Waals surface area contributed by atoms with E-state index in [1.807, 2.05) is 6.92 Å². The van der Waals surface area contributed by atoms with Crippen molar-refractivity contribution < 1.29 is 14.3 Å². The number of hydrogen-bond acceptors (Lipinski definition) is 4. The lowest BCUT2D eigenvalue weighted by Gasteiger charge is -2.03. The van der Waals surface area contributed by atoms with Gasteiger partial charge in [-0.15, -0.1) is 0 Å². The van der Waals surface area contributed by atoms with Gasteiger partial charge in [-0.2, -0.15) is 5.26 Å². The first-order valence-electron chi connectivity index (χ1n) is 4.93. The van der Waals surface area contributed by atoms with E-state index < -0.39 is 5.91 Å². The van der Waals surface area contributed by atoms with Gasteiger partial charge in [0.2, 0.25) is 6.79 Å². The summed E-state index contributed by atoms with van der Waals surface area (Å²) in [5, 5.41) is 8.77. The topological polar surface area (TPSA) is 85.3 Å². The quantitative estimate of drug-likeness (QED) is 0.609. The number of hydrogen-bond donors (Lipinski definition) is 1. The van der Waals surface area contributed by atoms with E-state index >= 15 is 0 Å². The van der Waals surface area contributed by atoms with E-state index in [1.54, 1.807) is 18.2 Å². The minimum absolute atomic E-state index is 0.0908. The summed E-state index contributed by atoms with van der Waals surface area (Å²) in [4.78, 5) is 11.0. The van der Waals surface area contributed by atoms with Crippen LogP contribution in [0.2, 0.25) is 0 Å². The second kappa shape index (κ2) is 4.18. The number of benzene rings is 1. The van der Waals surface area contributed by atoms with Gasteiger partial charge in [0.15, 0.2) is 11.5 Å². The summed E-state index contributed by atoms with van der Waals surface area (Å²) >= 11 is 0. The van der Waals surface area contributed by atoms with Crippen molar-refractivity contribution in [3.05, 3.63) is 28.8 Å². The number of nitrogens with zero attached hydrogens (tertiary/aromatic N) is 1. The molecular weight excluding hydrogens is 220 g/mol. The Morgan fingerprint density at radius 2 is 2.12 bits per heavy atom. The van der Waals surface area contributed by atoms with Crippen LogP contribution in [0.4, 0.5) is 0 Å². The number of primary amides is 1. The summed E-state index contributed by atoms with van der Waals surface area (Å²) in [5.74, 6) is 0.519. The fourth-order valence-electron chi connectivity index (χ4n) is 1.53. The molecule has 1 aliphatic heterocycles. The smallest absolute Gasteiger partial charge is 0.259 e. The van der Waals surface area contributed by atoms with Crippen molar-refractivity contribution in [3.8, 4) is 17.6 Å². The average molecular weight is 230 g/mol. The molecule has 5 nitrogen and oxygen atoms in total. The summed E-state index contributed by atoms with van der Waals surface area (Å²) < 4.78 is 10.4. The van der Waals surface area contributed by atoms with Crippen molar-refractivity contribution in [2.75, 3.05) is 6.79 Å². The third-order valence-corrected chi connectivity index (χ3v) is 2.45. The van der Waals surface area contributed by atoms with Crippen LogP contribution >= 0.6 is 0 Å².